The second-order valence-corrected chi connectivity index (χ2v) is 10.4. The Balaban J connectivity index is 0.000000412. The molecule has 3 heterocycles. The first-order valence-electron chi connectivity index (χ1n) is 12.5. The molecule has 194 valence electrons. The molecule has 3 aromatic rings. The maximum atomic E-state index is 12.9. The van der Waals surface area contributed by atoms with Crippen LogP contribution in [0.25, 0.3) is 16.7 Å². The van der Waals surface area contributed by atoms with Crippen molar-refractivity contribution in [3.8, 4) is 5.75 Å². The fraction of sp³-hybridized carbons (Fsp3) is 0.393. The van der Waals surface area contributed by atoms with Crippen molar-refractivity contribution in [3.05, 3.63) is 58.6 Å². The van der Waals surface area contributed by atoms with Crippen LogP contribution in [-0.2, 0) is 0 Å². The minimum Gasteiger partial charge on any atom is -0.460 e. The number of nitrogens with one attached hydrogen (secondary N) is 3. The lowest BCUT2D eigenvalue weighted by atomic mass is 9.50. The van der Waals surface area contributed by atoms with Crippen LogP contribution < -0.4 is 10.1 Å². The number of aldehydes is 1. The van der Waals surface area contributed by atoms with Gasteiger partial charge in [0, 0.05) is 54.1 Å². The monoisotopic (exact) mass is 504 g/mol. The number of likely N-dealkylation sites (N-methyl/N-ethyl adjacent to an activating group) is 1. The third-order valence-electron chi connectivity index (χ3n) is 7.54. The number of hydrogen-bond acceptors (Lipinski definition) is 7. The number of aromatic amines is 1. The smallest absolute Gasteiger partial charge is 0.255 e. The van der Waals surface area contributed by atoms with E-state index in [0.29, 0.717) is 39.7 Å². The van der Waals surface area contributed by atoms with E-state index < -0.39 is 0 Å². The van der Waals surface area contributed by atoms with E-state index in [9.17, 15) is 9.59 Å². The Bertz CT molecular complexity index is 1370. The van der Waals surface area contributed by atoms with E-state index in [-0.39, 0.29) is 17.6 Å². The molecule has 1 aliphatic heterocycles. The van der Waals surface area contributed by atoms with Crippen LogP contribution in [0.2, 0.25) is 0 Å². The normalized spacial score (nSPS) is 22.7. The molecule has 3 saturated carbocycles. The van der Waals surface area contributed by atoms with Gasteiger partial charge in [-0.2, -0.15) is 0 Å². The summed E-state index contributed by atoms with van der Waals surface area (Å²) in [7, 11) is 1.99. The molecule has 1 amide bonds. The molecule has 0 spiro atoms. The van der Waals surface area contributed by atoms with Gasteiger partial charge in [-0.3, -0.25) is 9.59 Å². The molecule has 2 aromatic heterocycles. The van der Waals surface area contributed by atoms with Gasteiger partial charge in [-0.1, -0.05) is 0 Å². The Morgan fingerprint density at radius 1 is 1.30 bits per heavy atom. The number of fused-ring (bicyclic) bond motifs is 1. The van der Waals surface area contributed by atoms with Gasteiger partial charge in [0.15, 0.2) is 12.0 Å². The molecule has 1 aromatic carbocycles. The summed E-state index contributed by atoms with van der Waals surface area (Å²) in [5, 5.41) is 20.0. The zero-order chi connectivity index (χ0) is 26.3. The summed E-state index contributed by atoms with van der Waals surface area (Å²) in [6.45, 7) is 5.33. The maximum Gasteiger partial charge on any atom is 0.255 e. The lowest BCUT2D eigenvalue weighted by Gasteiger charge is -2.61. The van der Waals surface area contributed by atoms with Gasteiger partial charge in [0.05, 0.1) is 17.4 Å². The predicted molar refractivity (Wildman–Crippen MR) is 140 cm³/mol. The highest BCUT2D eigenvalue weighted by molar-refractivity contribution is 6.07. The molecule has 2 bridgehead atoms. The van der Waals surface area contributed by atoms with Gasteiger partial charge < -0.3 is 34.9 Å². The number of ether oxygens (including phenoxy) is 1. The first-order valence-corrected chi connectivity index (χ1v) is 12.5. The minimum absolute atomic E-state index is 0.00155. The standard InChI is InChI=1S/C24H23N3O4.C4H9NO/c1-13-16(12-28)11-26-22(13)19(5-6-25)31-17-3-4-18-20(7-17)30-14(2)21(18)23(29)27-24-8-15(9-24)10-24;1-5-2-4(6)3-5/h3-7,11-12,15,25-26H,8-10H2,1-2H3,(H,27,29);4,6H,2-3H2,1H3/b19-5+,25-6?;. The van der Waals surface area contributed by atoms with Crippen LogP contribution in [0.15, 0.2) is 34.9 Å². The number of β-amino-alcohol motifs (C(OH)–C–C–N with tert-alkyl or cyclic N) is 1. The number of H-pyrrole nitrogens is 1. The molecule has 4 fully saturated rings. The molecule has 0 unspecified atom stereocenters. The van der Waals surface area contributed by atoms with Crippen LogP contribution in [0.5, 0.6) is 5.75 Å². The third-order valence-corrected chi connectivity index (χ3v) is 7.54. The van der Waals surface area contributed by atoms with Gasteiger partial charge in [0.25, 0.3) is 5.91 Å². The number of benzene rings is 1. The molecule has 4 aliphatic rings. The van der Waals surface area contributed by atoms with Crippen LogP contribution in [0.1, 0.15) is 57.0 Å². The minimum atomic E-state index is -0.0872. The van der Waals surface area contributed by atoms with Crippen LogP contribution in [0.4, 0.5) is 0 Å². The number of likely N-dealkylation sites (tertiary alicyclic amines) is 1. The van der Waals surface area contributed by atoms with Gasteiger partial charge in [-0.15, -0.1) is 0 Å². The second-order valence-electron chi connectivity index (χ2n) is 10.4. The number of carbonyl (C=O) groups is 2. The summed E-state index contributed by atoms with van der Waals surface area (Å²) in [6.07, 6.45) is 8.22. The van der Waals surface area contributed by atoms with Crippen molar-refractivity contribution in [2.24, 2.45) is 5.92 Å². The first kappa shape index (κ1) is 25.0. The van der Waals surface area contributed by atoms with Crippen LogP contribution in [-0.4, -0.2) is 65.2 Å². The molecule has 9 heteroatoms. The van der Waals surface area contributed by atoms with E-state index in [1.54, 1.807) is 25.3 Å². The van der Waals surface area contributed by atoms with E-state index in [1.165, 1.54) is 6.08 Å². The highest BCUT2D eigenvalue weighted by atomic mass is 16.5. The summed E-state index contributed by atoms with van der Waals surface area (Å²) in [6, 6.07) is 5.32. The Kier molecular flexibility index (Phi) is 6.51. The summed E-state index contributed by atoms with van der Waals surface area (Å²) in [5.74, 6) is 2.18. The quantitative estimate of drug-likeness (QED) is 0.220. The molecule has 3 aliphatic carbocycles. The number of aliphatic hydroxyl groups is 1. The largest absolute Gasteiger partial charge is 0.460 e. The van der Waals surface area contributed by atoms with Gasteiger partial charge in [0.1, 0.15) is 17.1 Å². The van der Waals surface area contributed by atoms with Crippen molar-refractivity contribution in [1.29, 1.82) is 5.41 Å². The van der Waals surface area contributed by atoms with E-state index in [1.807, 2.05) is 20.0 Å². The molecule has 4 N–H and O–H groups in total. The van der Waals surface area contributed by atoms with Crippen molar-refractivity contribution in [1.82, 2.24) is 15.2 Å². The molecule has 7 rings (SSSR count). The number of amides is 1. The fourth-order valence-electron chi connectivity index (χ4n) is 5.41. The highest BCUT2D eigenvalue weighted by Crippen LogP contribution is 2.57. The van der Waals surface area contributed by atoms with E-state index in [0.717, 1.165) is 61.7 Å². The van der Waals surface area contributed by atoms with E-state index in [4.69, 9.17) is 19.7 Å². The van der Waals surface area contributed by atoms with Crippen molar-refractivity contribution in [2.75, 3.05) is 20.1 Å². The number of furan rings is 1. The summed E-state index contributed by atoms with van der Waals surface area (Å²) in [4.78, 5) is 29.2. The number of aryl methyl sites for hydroxylation is 1. The van der Waals surface area contributed by atoms with Gasteiger partial charge >= 0.3 is 0 Å². The molecule has 9 nitrogen and oxygen atoms in total. The SMILES string of the molecule is CN1CC(O)C1.Cc1oc2cc(O/C(=C/C=N)c3[nH]cc(C=O)c3C)ccc2c1C(=O)NC12CC(C1)C2. The molecule has 0 radical (unpaired) electrons. The number of hydrogen-bond donors (Lipinski definition) is 4. The zero-order valence-corrected chi connectivity index (χ0v) is 21.3. The van der Waals surface area contributed by atoms with Gasteiger partial charge in [0.2, 0.25) is 0 Å². The van der Waals surface area contributed by atoms with Gasteiger partial charge in [-0.05, 0) is 63.8 Å². The molecular weight excluding hydrogens is 472 g/mol. The van der Waals surface area contributed by atoms with Crippen molar-refractivity contribution in [2.45, 2.75) is 44.8 Å². The lowest BCUT2D eigenvalue weighted by Crippen LogP contribution is -2.68. The number of carbonyl (C=O) groups excluding carboxylic acids is 2. The van der Waals surface area contributed by atoms with Gasteiger partial charge in [-0.25, -0.2) is 0 Å². The lowest BCUT2D eigenvalue weighted by molar-refractivity contribution is -0.0438. The van der Waals surface area contributed by atoms with E-state index >= 15 is 0 Å². The number of rotatable bonds is 7. The number of aliphatic hydroxyl groups excluding tert-OH is 1. The first-order chi connectivity index (χ1) is 17.7. The van der Waals surface area contributed by atoms with Crippen LogP contribution in [0, 0.1) is 25.2 Å². The van der Waals surface area contributed by atoms with Crippen molar-refractivity contribution >= 4 is 35.1 Å². The Labute approximate surface area is 215 Å². The maximum absolute atomic E-state index is 12.9. The Hall–Kier alpha value is -3.69. The molecule has 1 saturated heterocycles. The summed E-state index contributed by atoms with van der Waals surface area (Å²) >= 11 is 0. The highest BCUT2D eigenvalue weighted by Gasteiger charge is 2.57. The second kappa shape index (κ2) is 9.64. The molecule has 0 atom stereocenters. The Morgan fingerprint density at radius 3 is 2.54 bits per heavy atom. The number of allylic oxidation sites excluding steroid dienone is 1. The summed E-state index contributed by atoms with van der Waals surface area (Å²) < 4.78 is 11.9. The third kappa shape index (κ3) is 4.72. The van der Waals surface area contributed by atoms with E-state index in [2.05, 4.69) is 15.2 Å². The van der Waals surface area contributed by atoms with Crippen LogP contribution in [0.3, 0.4) is 0 Å². The zero-order valence-electron chi connectivity index (χ0n) is 21.3. The summed E-state index contributed by atoms with van der Waals surface area (Å²) in [5.41, 5.74) is 3.03. The predicted octanol–water partition coefficient (Wildman–Crippen LogP) is 3.83. The molecule has 37 heavy (non-hydrogen) atoms. The topological polar surface area (TPSA) is 132 Å². The van der Waals surface area contributed by atoms with Crippen LogP contribution >= 0.6 is 0 Å². The Morgan fingerprint density at radius 2 is 2.03 bits per heavy atom. The number of aromatic nitrogens is 1. The number of nitrogens with zero attached hydrogens (tertiary/aromatic N) is 1. The average Bonchev–Trinajstić information content (AvgIpc) is 3.32. The molecular formula is C28H32N4O5. The van der Waals surface area contributed by atoms with Crippen molar-refractivity contribution in [3.63, 3.8) is 0 Å². The van der Waals surface area contributed by atoms with Crippen molar-refractivity contribution < 1.29 is 23.8 Å². The fourth-order valence-corrected chi connectivity index (χ4v) is 5.41. The average molecular weight is 505 g/mol.